The van der Waals surface area contributed by atoms with Crippen molar-refractivity contribution in [3.05, 3.63) is 59.9 Å². The topological polar surface area (TPSA) is 28.6 Å². The van der Waals surface area contributed by atoms with Crippen LogP contribution >= 0.6 is 0 Å². The lowest BCUT2D eigenvalue weighted by atomic mass is 9.63. The number of ether oxygens (including phenoxy) is 1. The summed E-state index contributed by atoms with van der Waals surface area (Å²) in [7, 11) is 0. The second-order valence-corrected chi connectivity index (χ2v) is 11.8. The number of hydrogen-bond donors (Lipinski definition) is 0. The summed E-state index contributed by atoms with van der Waals surface area (Å²) in [5, 5.41) is 0. The molecular weight excluding hydrogens is 418 g/mol. The van der Waals surface area contributed by atoms with E-state index in [-0.39, 0.29) is 10.8 Å². The van der Waals surface area contributed by atoms with Crippen molar-refractivity contribution in [1.29, 1.82) is 0 Å². The maximum Gasteiger partial charge on any atom is 0.129 e. The molecule has 0 radical (unpaired) electrons. The van der Waals surface area contributed by atoms with Crippen LogP contribution in [0.1, 0.15) is 64.5 Å². The molecule has 0 amide bonds. The highest BCUT2D eigenvalue weighted by Crippen LogP contribution is 2.46. The van der Waals surface area contributed by atoms with Crippen molar-refractivity contribution in [2.75, 3.05) is 44.2 Å². The van der Waals surface area contributed by atoms with E-state index in [9.17, 15) is 0 Å². The highest BCUT2D eigenvalue weighted by molar-refractivity contribution is 5.65. The first-order valence-electron chi connectivity index (χ1n) is 13.1. The Morgan fingerprint density at radius 2 is 1.71 bits per heavy atom. The third-order valence-corrected chi connectivity index (χ3v) is 8.58. The molecule has 2 saturated heterocycles. The van der Waals surface area contributed by atoms with Gasteiger partial charge in [0.15, 0.2) is 0 Å². The molecule has 34 heavy (non-hydrogen) atoms. The lowest BCUT2D eigenvalue weighted by Crippen LogP contribution is -2.47. The lowest BCUT2D eigenvalue weighted by molar-refractivity contribution is 0.235. The number of benzene rings is 1. The molecule has 182 valence electrons. The molecule has 0 spiro atoms. The summed E-state index contributed by atoms with van der Waals surface area (Å²) in [6.45, 7) is 19.8. The molecule has 1 atom stereocenters. The van der Waals surface area contributed by atoms with Gasteiger partial charge in [0.05, 0.1) is 18.1 Å². The van der Waals surface area contributed by atoms with Gasteiger partial charge in [-0.05, 0) is 72.4 Å². The van der Waals surface area contributed by atoms with E-state index in [0.29, 0.717) is 5.92 Å². The summed E-state index contributed by atoms with van der Waals surface area (Å²) in [4.78, 5) is 10.2. The number of fused-ring (bicyclic) bond motifs is 1. The molecule has 0 bridgehead atoms. The molecule has 1 aromatic carbocycles. The van der Waals surface area contributed by atoms with E-state index >= 15 is 0 Å². The number of hydrogen-bond acceptors (Lipinski definition) is 4. The smallest absolute Gasteiger partial charge is 0.129 e. The van der Waals surface area contributed by atoms with Gasteiger partial charge in [-0.15, -0.1) is 0 Å². The number of nitrogens with zero attached hydrogens (tertiary/aromatic N) is 3. The van der Waals surface area contributed by atoms with Crippen LogP contribution in [-0.4, -0.2) is 49.2 Å². The predicted molar refractivity (Wildman–Crippen MR) is 141 cm³/mol. The highest BCUT2D eigenvalue weighted by Gasteiger charge is 2.37. The Kier molecular flexibility index (Phi) is 6.22. The van der Waals surface area contributed by atoms with Crippen LogP contribution in [0.2, 0.25) is 0 Å². The van der Waals surface area contributed by atoms with Crippen LogP contribution in [0.15, 0.2) is 48.7 Å². The maximum atomic E-state index is 5.55. The Morgan fingerprint density at radius 1 is 0.971 bits per heavy atom. The van der Waals surface area contributed by atoms with E-state index in [4.69, 9.17) is 9.72 Å². The number of anilines is 1. The minimum Gasteiger partial charge on any atom is -0.498 e. The molecule has 4 nitrogen and oxygen atoms in total. The average molecular weight is 460 g/mol. The van der Waals surface area contributed by atoms with Crippen molar-refractivity contribution < 1.29 is 4.74 Å². The molecule has 2 aliphatic heterocycles. The van der Waals surface area contributed by atoms with Crippen LogP contribution in [0, 0.1) is 5.92 Å². The Bertz CT molecular complexity index is 1050. The molecule has 3 aliphatic rings. The van der Waals surface area contributed by atoms with Gasteiger partial charge in [0.1, 0.15) is 5.82 Å². The Morgan fingerprint density at radius 3 is 2.41 bits per heavy atom. The Hall–Kier alpha value is -2.33. The number of aromatic nitrogens is 1. The third-order valence-electron chi connectivity index (χ3n) is 8.58. The molecule has 4 heteroatoms. The van der Waals surface area contributed by atoms with E-state index in [2.05, 4.69) is 80.5 Å². The van der Waals surface area contributed by atoms with E-state index in [1.54, 1.807) is 0 Å². The standard InChI is InChI=1S/C30H41N3O/c1-22-23(12-20-34-22)11-15-32-16-18-33(19-17-32)28-8-6-7-27(31-28)24-9-10-25-26(21-24)30(4,5)14-13-29(25,2)3/h6-10,21,23H,1,11-20H2,2-5H3. The van der Waals surface area contributed by atoms with Crippen molar-refractivity contribution >= 4 is 5.82 Å². The molecule has 0 saturated carbocycles. The molecular formula is C30H41N3O. The van der Waals surface area contributed by atoms with Crippen molar-refractivity contribution in [3.63, 3.8) is 0 Å². The summed E-state index contributed by atoms with van der Waals surface area (Å²) in [6, 6.07) is 13.6. The second kappa shape index (κ2) is 9.03. The van der Waals surface area contributed by atoms with Crippen LogP contribution in [0.3, 0.4) is 0 Å². The van der Waals surface area contributed by atoms with Gasteiger partial charge in [-0.1, -0.05) is 52.5 Å². The quantitative estimate of drug-likeness (QED) is 0.535. The fraction of sp³-hybridized carbons (Fsp3) is 0.567. The zero-order chi connectivity index (χ0) is 23.9. The number of pyridine rings is 1. The first-order valence-corrected chi connectivity index (χ1v) is 13.1. The molecule has 1 unspecified atom stereocenters. The fourth-order valence-corrected chi connectivity index (χ4v) is 5.96. The minimum absolute atomic E-state index is 0.214. The normalized spacial score (nSPS) is 24.1. The van der Waals surface area contributed by atoms with Crippen molar-refractivity contribution in [2.45, 2.75) is 64.2 Å². The number of allylic oxidation sites excluding steroid dienone is 1. The monoisotopic (exact) mass is 459 g/mol. The zero-order valence-electron chi connectivity index (χ0n) is 21.6. The molecule has 0 N–H and O–H groups in total. The molecule has 3 heterocycles. The van der Waals surface area contributed by atoms with Gasteiger partial charge < -0.3 is 9.64 Å². The molecule has 5 rings (SSSR count). The van der Waals surface area contributed by atoms with E-state index in [1.165, 1.54) is 29.5 Å². The van der Waals surface area contributed by atoms with E-state index in [0.717, 1.165) is 69.4 Å². The third kappa shape index (κ3) is 4.62. The van der Waals surface area contributed by atoms with Crippen LogP contribution in [-0.2, 0) is 15.6 Å². The molecule has 2 fully saturated rings. The van der Waals surface area contributed by atoms with Gasteiger partial charge in [-0.2, -0.15) is 0 Å². The summed E-state index contributed by atoms with van der Waals surface area (Å²) < 4.78 is 5.55. The van der Waals surface area contributed by atoms with Gasteiger partial charge in [0.25, 0.3) is 0 Å². The van der Waals surface area contributed by atoms with Gasteiger partial charge in [-0.25, -0.2) is 4.98 Å². The zero-order valence-corrected chi connectivity index (χ0v) is 21.6. The first-order chi connectivity index (χ1) is 16.2. The summed E-state index contributed by atoms with van der Waals surface area (Å²) in [5.41, 5.74) is 5.79. The van der Waals surface area contributed by atoms with Gasteiger partial charge >= 0.3 is 0 Å². The van der Waals surface area contributed by atoms with E-state index in [1.807, 2.05) is 0 Å². The number of rotatable bonds is 5. The van der Waals surface area contributed by atoms with Gasteiger partial charge in [0.2, 0.25) is 0 Å². The van der Waals surface area contributed by atoms with Crippen LogP contribution in [0.25, 0.3) is 11.3 Å². The number of piperazine rings is 1. The van der Waals surface area contributed by atoms with Crippen molar-refractivity contribution in [2.24, 2.45) is 5.92 Å². The average Bonchev–Trinajstić information content (AvgIpc) is 3.25. The van der Waals surface area contributed by atoms with Crippen LogP contribution in [0.5, 0.6) is 0 Å². The largest absolute Gasteiger partial charge is 0.498 e. The minimum atomic E-state index is 0.214. The SMILES string of the molecule is C=C1OCCC1CCN1CCN(c2cccc(-c3ccc4c(c3)C(C)(C)CCC4(C)C)n2)CC1. The summed E-state index contributed by atoms with van der Waals surface area (Å²) in [5.74, 6) is 2.64. The highest BCUT2D eigenvalue weighted by atomic mass is 16.5. The van der Waals surface area contributed by atoms with Crippen molar-refractivity contribution in [3.8, 4) is 11.3 Å². The van der Waals surface area contributed by atoms with Gasteiger partial charge in [-0.3, -0.25) is 4.90 Å². The summed E-state index contributed by atoms with van der Waals surface area (Å²) in [6.07, 6.45) is 4.77. The first kappa shape index (κ1) is 23.4. The summed E-state index contributed by atoms with van der Waals surface area (Å²) >= 11 is 0. The van der Waals surface area contributed by atoms with Crippen LogP contribution < -0.4 is 4.90 Å². The predicted octanol–water partition coefficient (Wildman–Crippen LogP) is 6.16. The molecule has 1 aromatic heterocycles. The Labute approximate surface area is 206 Å². The molecule has 2 aromatic rings. The molecule has 1 aliphatic carbocycles. The fourth-order valence-electron chi connectivity index (χ4n) is 5.96. The second-order valence-electron chi connectivity index (χ2n) is 11.8. The Balaban J connectivity index is 1.27. The van der Waals surface area contributed by atoms with Crippen molar-refractivity contribution in [1.82, 2.24) is 9.88 Å². The van der Waals surface area contributed by atoms with E-state index < -0.39 is 0 Å². The van der Waals surface area contributed by atoms with Crippen LogP contribution in [0.4, 0.5) is 5.82 Å². The maximum absolute atomic E-state index is 5.55. The van der Waals surface area contributed by atoms with Gasteiger partial charge in [0, 0.05) is 37.7 Å². The lowest BCUT2D eigenvalue weighted by Gasteiger charge is -2.42.